The molecule has 8 nitrogen and oxygen atoms in total. The molecule has 0 heterocycles. The first-order valence-corrected chi connectivity index (χ1v) is 6.96. The Kier molecular flexibility index (Phi) is 6.81. The van der Waals surface area contributed by atoms with Gasteiger partial charge in [0.15, 0.2) is 5.11 Å². The highest BCUT2D eigenvalue weighted by Gasteiger charge is 2.14. The molecule has 23 heavy (non-hydrogen) atoms. The Morgan fingerprint density at radius 1 is 1.39 bits per heavy atom. The number of nitrogens with one attached hydrogen (secondary N) is 2. The zero-order valence-electron chi connectivity index (χ0n) is 12.5. The van der Waals surface area contributed by atoms with Gasteiger partial charge in [0.1, 0.15) is 0 Å². The summed E-state index contributed by atoms with van der Waals surface area (Å²) in [6, 6.07) is 4.46. The van der Waals surface area contributed by atoms with Crippen LogP contribution in [0.5, 0.6) is 0 Å². The van der Waals surface area contributed by atoms with Crippen LogP contribution in [-0.4, -0.2) is 28.5 Å². The van der Waals surface area contributed by atoms with Crippen LogP contribution >= 0.6 is 12.2 Å². The minimum Gasteiger partial charge on any atom is -0.463 e. The van der Waals surface area contributed by atoms with E-state index in [-0.39, 0.29) is 17.4 Å². The summed E-state index contributed by atoms with van der Waals surface area (Å²) in [4.78, 5) is 33.0. The Bertz CT molecular complexity index is 672. The quantitative estimate of drug-likeness (QED) is 0.277. The van der Waals surface area contributed by atoms with Crippen LogP contribution in [0.3, 0.4) is 0 Å². The van der Waals surface area contributed by atoms with E-state index in [1.807, 2.05) is 0 Å². The monoisotopic (exact) mass is 337 g/mol. The topological polar surface area (TPSA) is 111 Å². The van der Waals surface area contributed by atoms with Crippen molar-refractivity contribution in [2.75, 3.05) is 11.9 Å². The van der Waals surface area contributed by atoms with Crippen molar-refractivity contribution in [3.05, 3.63) is 46.0 Å². The number of hydrogen-bond acceptors (Lipinski definition) is 6. The van der Waals surface area contributed by atoms with Gasteiger partial charge in [-0.2, -0.15) is 0 Å². The molecular weight excluding hydrogens is 322 g/mol. The lowest BCUT2D eigenvalue weighted by Gasteiger charge is -2.10. The third-order valence-corrected chi connectivity index (χ3v) is 2.85. The number of amides is 1. The molecule has 1 aromatic carbocycles. The van der Waals surface area contributed by atoms with Crippen LogP contribution in [0.2, 0.25) is 0 Å². The Morgan fingerprint density at radius 2 is 2.09 bits per heavy atom. The summed E-state index contributed by atoms with van der Waals surface area (Å²) in [6.45, 7) is 3.41. The number of ether oxygens (including phenoxy) is 1. The molecule has 1 aromatic rings. The van der Waals surface area contributed by atoms with E-state index < -0.39 is 16.8 Å². The van der Waals surface area contributed by atoms with E-state index in [0.29, 0.717) is 11.3 Å². The first kappa shape index (κ1) is 18.2. The Hall–Kier alpha value is -2.81. The maximum atomic E-state index is 11.6. The minimum absolute atomic E-state index is 0.0490. The van der Waals surface area contributed by atoms with Gasteiger partial charge >= 0.3 is 5.97 Å². The molecule has 0 bridgehead atoms. The third kappa shape index (κ3) is 5.83. The number of carbonyl (C=O) groups excluding carboxylic acids is 2. The molecule has 0 fully saturated rings. The largest absolute Gasteiger partial charge is 0.463 e. The van der Waals surface area contributed by atoms with E-state index >= 15 is 0 Å². The molecule has 1 rings (SSSR count). The van der Waals surface area contributed by atoms with Gasteiger partial charge in [0.05, 0.1) is 22.8 Å². The number of carbonyl (C=O) groups is 2. The minimum atomic E-state index is -0.643. The van der Waals surface area contributed by atoms with E-state index in [9.17, 15) is 19.7 Å². The van der Waals surface area contributed by atoms with Crippen molar-refractivity contribution in [2.24, 2.45) is 0 Å². The molecule has 0 aliphatic heterocycles. The number of thiocarbonyl (C=S) groups is 1. The van der Waals surface area contributed by atoms with Gasteiger partial charge in [-0.15, -0.1) is 0 Å². The molecule has 0 saturated carbocycles. The molecule has 0 aromatic heterocycles. The number of nitro groups is 1. The van der Waals surface area contributed by atoms with E-state index in [1.54, 1.807) is 19.9 Å². The van der Waals surface area contributed by atoms with E-state index in [0.717, 1.165) is 12.2 Å². The smallest absolute Gasteiger partial charge is 0.330 e. The maximum Gasteiger partial charge on any atom is 0.330 e. The summed E-state index contributed by atoms with van der Waals surface area (Å²) in [5, 5.41) is 15.8. The van der Waals surface area contributed by atoms with Crippen molar-refractivity contribution < 1.29 is 19.2 Å². The van der Waals surface area contributed by atoms with Crippen molar-refractivity contribution in [2.45, 2.75) is 13.8 Å². The highest BCUT2D eigenvalue weighted by atomic mass is 32.1. The third-order valence-electron chi connectivity index (χ3n) is 2.64. The number of benzene rings is 1. The molecule has 1 amide bonds. The molecule has 2 N–H and O–H groups in total. The Labute approximate surface area is 137 Å². The van der Waals surface area contributed by atoms with Gasteiger partial charge in [-0.3, -0.25) is 20.2 Å². The first-order chi connectivity index (χ1) is 10.8. The van der Waals surface area contributed by atoms with Gasteiger partial charge < -0.3 is 10.1 Å². The van der Waals surface area contributed by atoms with Crippen LogP contribution in [0, 0.1) is 17.0 Å². The Morgan fingerprint density at radius 3 is 2.70 bits per heavy atom. The van der Waals surface area contributed by atoms with Crippen molar-refractivity contribution in [1.29, 1.82) is 0 Å². The van der Waals surface area contributed by atoms with Gasteiger partial charge in [-0.25, -0.2) is 4.79 Å². The second-order valence-corrected chi connectivity index (χ2v) is 4.64. The van der Waals surface area contributed by atoms with Gasteiger partial charge in [0.25, 0.3) is 5.69 Å². The summed E-state index contributed by atoms with van der Waals surface area (Å²) in [6.07, 6.45) is 1.95. The van der Waals surface area contributed by atoms with Gasteiger partial charge in [-0.1, -0.05) is 6.07 Å². The van der Waals surface area contributed by atoms with Gasteiger partial charge in [-0.05, 0) is 32.1 Å². The van der Waals surface area contributed by atoms with E-state index in [2.05, 4.69) is 15.4 Å². The lowest BCUT2D eigenvalue weighted by atomic mass is 10.1. The molecule has 0 aliphatic rings. The molecule has 0 atom stereocenters. The van der Waals surface area contributed by atoms with Crippen molar-refractivity contribution >= 4 is 40.6 Å². The fourth-order valence-electron chi connectivity index (χ4n) is 1.60. The lowest BCUT2D eigenvalue weighted by molar-refractivity contribution is -0.385. The molecule has 0 spiro atoms. The summed E-state index contributed by atoms with van der Waals surface area (Å²) in [7, 11) is 0. The van der Waals surface area contributed by atoms with Crippen LogP contribution in [-0.2, 0) is 14.3 Å². The highest BCUT2D eigenvalue weighted by Crippen LogP contribution is 2.24. The molecule has 9 heteroatoms. The Balaban J connectivity index is 2.67. The zero-order chi connectivity index (χ0) is 17.4. The average molecular weight is 337 g/mol. The number of hydrogen-bond donors (Lipinski definition) is 2. The molecule has 0 saturated heterocycles. The second kappa shape index (κ2) is 8.59. The summed E-state index contributed by atoms with van der Waals surface area (Å²) in [5.74, 6) is -1.27. The number of esters is 1. The molecule has 0 radical (unpaired) electrons. The van der Waals surface area contributed by atoms with Crippen molar-refractivity contribution in [1.82, 2.24) is 5.32 Å². The number of anilines is 1. The average Bonchev–Trinajstić information content (AvgIpc) is 2.47. The predicted molar refractivity (Wildman–Crippen MR) is 88.0 cm³/mol. The first-order valence-electron chi connectivity index (χ1n) is 6.56. The normalized spacial score (nSPS) is 10.2. The van der Waals surface area contributed by atoms with Crippen molar-refractivity contribution in [3.8, 4) is 0 Å². The standard InChI is InChI=1S/C14H15N3O5S/c1-3-22-13(19)8-7-12(18)16-14(23)15-10-5-4-6-11(9(10)2)17(20)21/h4-8H,3H2,1-2H3,(H2,15,16,18,23). The number of nitrogens with zero attached hydrogens (tertiary/aromatic N) is 1. The molecule has 122 valence electrons. The van der Waals surface area contributed by atoms with E-state index in [1.165, 1.54) is 12.1 Å². The van der Waals surface area contributed by atoms with Gasteiger partial charge in [0, 0.05) is 18.2 Å². The fourth-order valence-corrected chi connectivity index (χ4v) is 1.81. The van der Waals surface area contributed by atoms with Crippen LogP contribution in [0.25, 0.3) is 0 Å². The van der Waals surface area contributed by atoms with Crippen LogP contribution < -0.4 is 10.6 Å². The SMILES string of the molecule is CCOC(=O)C=CC(=O)NC(=S)Nc1cccc([N+](=O)[O-])c1C. The zero-order valence-corrected chi connectivity index (χ0v) is 13.3. The van der Waals surface area contributed by atoms with Crippen molar-refractivity contribution in [3.63, 3.8) is 0 Å². The number of rotatable bonds is 5. The lowest BCUT2D eigenvalue weighted by Crippen LogP contribution is -2.33. The highest BCUT2D eigenvalue weighted by molar-refractivity contribution is 7.80. The summed E-state index contributed by atoms with van der Waals surface area (Å²) >= 11 is 4.95. The van der Waals surface area contributed by atoms with Crippen LogP contribution in [0.1, 0.15) is 12.5 Å². The molecule has 0 aliphatic carbocycles. The predicted octanol–water partition coefficient (Wildman–Crippen LogP) is 1.84. The number of nitro benzene ring substituents is 1. The molecule has 0 unspecified atom stereocenters. The van der Waals surface area contributed by atoms with Crippen LogP contribution in [0.4, 0.5) is 11.4 Å². The molecular formula is C14H15N3O5S. The van der Waals surface area contributed by atoms with E-state index in [4.69, 9.17) is 12.2 Å². The summed E-state index contributed by atoms with van der Waals surface area (Å²) < 4.78 is 4.63. The van der Waals surface area contributed by atoms with Crippen LogP contribution in [0.15, 0.2) is 30.4 Å². The fraction of sp³-hybridized carbons (Fsp3) is 0.214. The maximum absolute atomic E-state index is 11.6. The van der Waals surface area contributed by atoms with Gasteiger partial charge in [0.2, 0.25) is 5.91 Å². The summed E-state index contributed by atoms with van der Waals surface area (Å²) in [5.41, 5.74) is 0.723. The second-order valence-electron chi connectivity index (χ2n) is 4.24.